The van der Waals surface area contributed by atoms with Crippen molar-refractivity contribution in [1.29, 1.82) is 0 Å². The zero-order valence-corrected chi connectivity index (χ0v) is 14.6. The van der Waals surface area contributed by atoms with Crippen LogP contribution in [0.5, 0.6) is 0 Å². The fraction of sp³-hybridized carbons (Fsp3) is 0.316. The van der Waals surface area contributed by atoms with E-state index >= 15 is 0 Å². The van der Waals surface area contributed by atoms with Crippen molar-refractivity contribution in [1.82, 2.24) is 30.7 Å². The van der Waals surface area contributed by atoms with Crippen LogP contribution in [0.4, 0.5) is 0 Å². The van der Waals surface area contributed by atoms with E-state index in [-0.39, 0.29) is 18.0 Å². The smallest absolute Gasteiger partial charge is 0.238 e. The first kappa shape index (κ1) is 16.7. The van der Waals surface area contributed by atoms with E-state index in [4.69, 9.17) is 0 Å². The van der Waals surface area contributed by atoms with Crippen LogP contribution in [0.25, 0.3) is 11.0 Å². The van der Waals surface area contributed by atoms with E-state index in [0.29, 0.717) is 19.4 Å². The van der Waals surface area contributed by atoms with Gasteiger partial charge in [-0.05, 0) is 30.2 Å². The minimum atomic E-state index is -0.249. The summed E-state index contributed by atoms with van der Waals surface area (Å²) in [4.78, 5) is 21.2. The van der Waals surface area contributed by atoms with Gasteiger partial charge in [0.2, 0.25) is 5.91 Å². The highest BCUT2D eigenvalue weighted by atomic mass is 16.2. The van der Waals surface area contributed by atoms with Crippen molar-refractivity contribution in [2.24, 2.45) is 7.05 Å². The lowest BCUT2D eigenvalue weighted by molar-refractivity contribution is -0.122. The number of amides is 1. The summed E-state index contributed by atoms with van der Waals surface area (Å²) < 4.78 is 2.08. The number of carbonyl (C=O) groups is 1. The maximum absolute atomic E-state index is 12.4. The summed E-state index contributed by atoms with van der Waals surface area (Å²) >= 11 is 0. The van der Waals surface area contributed by atoms with Gasteiger partial charge in [-0.1, -0.05) is 18.2 Å². The van der Waals surface area contributed by atoms with Gasteiger partial charge in [0.05, 0.1) is 11.0 Å². The van der Waals surface area contributed by atoms with Crippen LogP contribution in [0.15, 0.2) is 48.8 Å². The molecule has 26 heavy (non-hydrogen) atoms. The van der Waals surface area contributed by atoms with E-state index in [1.807, 2.05) is 43.6 Å². The highest BCUT2D eigenvalue weighted by Crippen LogP contribution is 2.21. The number of fused-ring (bicyclic) bond motifs is 1. The molecule has 2 atom stereocenters. The molecular weight excluding hydrogens is 328 g/mol. The number of rotatable bonds is 5. The summed E-state index contributed by atoms with van der Waals surface area (Å²) in [5.41, 5.74) is 9.42. The third-order valence-corrected chi connectivity index (χ3v) is 4.83. The number of hydrogen-bond acceptors (Lipinski definition) is 5. The molecule has 3 heterocycles. The molecule has 3 N–H and O–H groups in total. The standard InChI is InChI=1S/C19H22N6O/c1-25-17-7-3-2-6-14(17)22-18(25)8-10-21-19(26)16-11-15(23-24-16)13-5-4-9-20-12-13/h2-7,9,12,15-16,23-24H,8,10-11H2,1H3,(H,21,26). The fourth-order valence-corrected chi connectivity index (χ4v) is 3.37. The first-order valence-corrected chi connectivity index (χ1v) is 8.81. The highest BCUT2D eigenvalue weighted by Gasteiger charge is 2.29. The number of nitrogens with zero attached hydrogens (tertiary/aromatic N) is 3. The van der Waals surface area contributed by atoms with E-state index in [2.05, 4.69) is 36.8 Å². The number of para-hydroxylation sites is 2. The second-order valence-corrected chi connectivity index (χ2v) is 6.53. The first-order valence-electron chi connectivity index (χ1n) is 8.81. The van der Waals surface area contributed by atoms with Crippen molar-refractivity contribution >= 4 is 16.9 Å². The molecule has 1 saturated heterocycles. The number of aryl methyl sites for hydroxylation is 1. The summed E-state index contributed by atoms with van der Waals surface area (Å²) in [6, 6.07) is 11.8. The third kappa shape index (κ3) is 3.31. The monoisotopic (exact) mass is 350 g/mol. The number of hydrazine groups is 1. The van der Waals surface area contributed by atoms with Crippen molar-refractivity contribution < 1.29 is 4.79 Å². The van der Waals surface area contributed by atoms with E-state index < -0.39 is 0 Å². The van der Waals surface area contributed by atoms with Crippen LogP contribution >= 0.6 is 0 Å². The van der Waals surface area contributed by atoms with E-state index in [9.17, 15) is 4.79 Å². The molecule has 0 aliphatic carbocycles. The average Bonchev–Trinajstić information content (AvgIpc) is 3.29. The Kier molecular flexibility index (Phi) is 4.64. The van der Waals surface area contributed by atoms with Crippen LogP contribution in [-0.2, 0) is 18.3 Å². The van der Waals surface area contributed by atoms with E-state index in [1.54, 1.807) is 6.20 Å². The lowest BCUT2D eigenvalue weighted by Crippen LogP contribution is -2.43. The molecule has 7 heteroatoms. The molecule has 2 unspecified atom stereocenters. The molecule has 0 radical (unpaired) electrons. The number of carbonyl (C=O) groups excluding carboxylic acids is 1. The van der Waals surface area contributed by atoms with Crippen LogP contribution in [0.2, 0.25) is 0 Å². The topological polar surface area (TPSA) is 83.9 Å². The Bertz CT molecular complexity index is 907. The number of pyridine rings is 1. The Morgan fingerprint density at radius 1 is 1.27 bits per heavy atom. The van der Waals surface area contributed by atoms with Gasteiger partial charge < -0.3 is 9.88 Å². The normalized spacial score (nSPS) is 19.7. The Labute approximate surface area is 151 Å². The maximum atomic E-state index is 12.4. The predicted octanol–water partition coefficient (Wildman–Crippen LogP) is 1.23. The Balaban J connectivity index is 1.31. The average molecular weight is 350 g/mol. The second kappa shape index (κ2) is 7.23. The molecule has 1 aliphatic rings. The van der Waals surface area contributed by atoms with Crippen molar-refractivity contribution in [3.05, 3.63) is 60.2 Å². The summed E-state index contributed by atoms with van der Waals surface area (Å²) in [7, 11) is 2.01. The molecule has 2 aromatic heterocycles. The number of imidazole rings is 1. The molecule has 1 fully saturated rings. The molecule has 1 amide bonds. The second-order valence-electron chi connectivity index (χ2n) is 6.53. The van der Waals surface area contributed by atoms with Gasteiger partial charge in [-0.15, -0.1) is 0 Å². The maximum Gasteiger partial charge on any atom is 0.238 e. The van der Waals surface area contributed by atoms with Gasteiger partial charge in [0.25, 0.3) is 0 Å². The zero-order chi connectivity index (χ0) is 17.9. The molecule has 0 spiro atoms. The van der Waals surface area contributed by atoms with Crippen LogP contribution in [0, 0.1) is 0 Å². The Hall–Kier alpha value is -2.77. The lowest BCUT2D eigenvalue weighted by Gasteiger charge is -2.10. The molecule has 0 bridgehead atoms. The molecule has 4 rings (SSSR count). The van der Waals surface area contributed by atoms with Crippen LogP contribution in [0.1, 0.15) is 23.9 Å². The summed E-state index contributed by atoms with van der Waals surface area (Å²) in [5, 5.41) is 3.01. The van der Waals surface area contributed by atoms with Crippen molar-refractivity contribution in [3.63, 3.8) is 0 Å². The quantitative estimate of drug-likeness (QED) is 0.645. The third-order valence-electron chi connectivity index (χ3n) is 4.83. The minimum Gasteiger partial charge on any atom is -0.354 e. The summed E-state index contributed by atoms with van der Waals surface area (Å²) in [6.07, 6.45) is 4.97. The van der Waals surface area contributed by atoms with E-state index in [0.717, 1.165) is 22.4 Å². The predicted molar refractivity (Wildman–Crippen MR) is 99.1 cm³/mol. The highest BCUT2D eigenvalue weighted by molar-refractivity contribution is 5.82. The molecule has 0 saturated carbocycles. The number of aromatic nitrogens is 3. The first-order chi connectivity index (χ1) is 12.7. The minimum absolute atomic E-state index is 0.00246. The van der Waals surface area contributed by atoms with E-state index in [1.165, 1.54) is 0 Å². The van der Waals surface area contributed by atoms with Crippen molar-refractivity contribution in [2.75, 3.05) is 6.54 Å². The van der Waals surface area contributed by atoms with Gasteiger partial charge in [0.1, 0.15) is 11.9 Å². The van der Waals surface area contributed by atoms with Crippen molar-refractivity contribution in [3.8, 4) is 0 Å². The Morgan fingerprint density at radius 2 is 2.15 bits per heavy atom. The number of hydrogen-bond donors (Lipinski definition) is 3. The van der Waals surface area contributed by atoms with Gasteiger partial charge in [0, 0.05) is 38.4 Å². The number of benzene rings is 1. The summed E-state index contributed by atoms with van der Waals surface area (Å²) in [6.45, 7) is 0.561. The Morgan fingerprint density at radius 3 is 2.96 bits per heavy atom. The molecule has 7 nitrogen and oxygen atoms in total. The van der Waals surface area contributed by atoms with Gasteiger partial charge in [-0.3, -0.25) is 9.78 Å². The van der Waals surface area contributed by atoms with Crippen LogP contribution in [0.3, 0.4) is 0 Å². The van der Waals surface area contributed by atoms with Crippen LogP contribution < -0.4 is 16.2 Å². The van der Waals surface area contributed by atoms with Crippen molar-refractivity contribution in [2.45, 2.75) is 24.9 Å². The van der Waals surface area contributed by atoms with Gasteiger partial charge in [0.15, 0.2) is 0 Å². The fourth-order valence-electron chi connectivity index (χ4n) is 3.37. The molecule has 134 valence electrons. The lowest BCUT2D eigenvalue weighted by atomic mass is 10.0. The van der Waals surface area contributed by atoms with Crippen LogP contribution in [-0.4, -0.2) is 33.0 Å². The SMILES string of the molecule is Cn1c(CCNC(=O)C2CC(c3cccnc3)NN2)nc2ccccc21. The summed E-state index contributed by atoms with van der Waals surface area (Å²) in [5.74, 6) is 0.972. The number of nitrogens with one attached hydrogen (secondary N) is 3. The zero-order valence-electron chi connectivity index (χ0n) is 14.6. The van der Waals surface area contributed by atoms with Gasteiger partial charge in [-0.2, -0.15) is 0 Å². The molecule has 3 aromatic rings. The molecule has 1 aromatic carbocycles. The van der Waals surface area contributed by atoms with Gasteiger partial charge >= 0.3 is 0 Å². The largest absolute Gasteiger partial charge is 0.354 e. The molecular formula is C19H22N6O. The van der Waals surface area contributed by atoms with Gasteiger partial charge in [-0.25, -0.2) is 15.8 Å². The molecule has 1 aliphatic heterocycles.